The lowest BCUT2D eigenvalue weighted by Crippen LogP contribution is -2.45. The molecule has 2 aromatic rings. The number of halogens is 2. The lowest BCUT2D eigenvalue weighted by Gasteiger charge is -2.36. The van der Waals surface area contributed by atoms with Crippen molar-refractivity contribution in [3.8, 4) is 0 Å². The molecule has 1 N–H and O–H groups in total. The summed E-state index contributed by atoms with van der Waals surface area (Å²) >= 11 is 1.86. The monoisotopic (exact) mass is 367 g/mol. The molecule has 0 spiro atoms. The van der Waals surface area contributed by atoms with E-state index in [9.17, 15) is 4.39 Å². The van der Waals surface area contributed by atoms with Gasteiger partial charge in [-0.15, -0.1) is 23.7 Å². The first-order chi connectivity index (χ1) is 11.3. The standard InChI is InChI=1S/C18H22FN3S.ClH/c19-15-6-2-5-14(9-15)17-11-20-7-8-22(17)12-16-10-21-18(23-16)13-3-1-4-13;/h2,5-6,9-10,13,17,20H,1,3-4,7-8,11-12H2;1H. The summed E-state index contributed by atoms with van der Waals surface area (Å²) in [6.07, 6.45) is 5.99. The van der Waals surface area contributed by atoms with Crippen LogP contribution in [-0.4, -0.2) is 29.5 Å². The Morgan fingerprint density at radius 2 is 2.21 bits per heavy atom. The van der Waals surface area contributed by atoms with Crippen molar-refractivity contribution in [3.63, 3.8) is 0 Å². The molecule has 6 heteroatoms. The summed E-state index contributed by atoms with van der Waals surface area (Å²) in [5, 5.41) is 4.74. The number of nitrogens with zero attached hydrogens (tertiary/aromatic N) is 2. The van der Waals surface area contributed by atoms with Crippen molar-refractivity contribution in [2.45, 2.75) is 37.8 Å². The van der Waals surface area contributed by atoms with E-state index < -0.39 is 0 Å². The molecule has 2 aliphatic rings. The molecule has 1 aromatic heterocycles. The number of aromatic nitrogens is 1. The Labute approximate surface area is 152 Å². The molecule has 1 saturated heterocycles. The summed E-state index contributed by atoms with van der Waals surface area (Å²) in [6, 6.07) is 7.24. The fourth-order valence-corrected chi connectivity index (χ4v) is 4.53. The molecule has 1 aliphatic heterocycles. The Bertz CT molecular complexity index is 674. The van der Waals surface area contributed by atoms with Gasteiger partial charge in [0.1, 0.15) is 5.82 Å². The van der Waals surface area contributed by atoms with Crippen molar-refractivity contribution in [1.82, 2.24) is 15.2 Å². The van der Waals surface area contributed by atoms with Gasteiger partial charge in [-0.2, -0.15) is 0 Å². The van der Waals surface area contributed by atoms with Crippen LogP contribution < -0.4 is 5.32 Å². The van der Waals surface area contributed by atoms with Crippen LogP contribution in [0.3, 0.4) is 0 Å². The lowest BCUT2D eigenvalue weighted by molar-refractivity contribution is 0.155. The normalized spacial score (nSPS) is 22.0. The van der Waals surface area contributed by atoms with E-state index in [0.717, 1.165) is 31.7 Å². The zero-order valence-electron chi connectivity index (χ0n) is 13.6. The number of rotatable bonds is 4. The van der Waals surface area contributed by atoms with Gasteiger partial charge in [0.15, 0.2) is 0 Å². The van der Waals surface area contributed by atoms with Crippen molar-refractivity contribution in [3.05, 3.63) is 51.7 Å². The van der Waals surface area contributed by atoms with E-state index in [1.807, 2.05) is 23.6 Å². The second kappa shape index (κ2) is 7.91. The van der Waals surface area contributed by atoms with Gasteiger partial charge in [0.2, 0.25) is 0 Å². The van der Waals surface area contributed by atoms with Crippen LogP contribution in [-0.2, 0) is 6.54 Å². The van der Waals surface area contributed by atoms with Crippen LogP contribution in [0.4, 0.5) is 4.39 Å². The topological polar surface area (TPSA) is 28.2 Å². The first-order valence-corrected chi connectivity index (χ1v) is 9.26. The number of thiazole rings is 1. The molecule has 2 fully saturated rings. The molecule has 130 valence electrons. The van der Waals surface area contributed by atoms with Gasteiger partial charge in [0.25, 0.3) is 0 Å². The molecule has 1 aromatic carbocycles. The SMILES string of the molecule is Cl.Fc1cccc(C2CNCCN2Cc2cnc(C3CCC3)s2)c1. The minimum atomic E-state index is -0.155. The molecule has 0 bridgehead atoms. The minimum Gasteiger partial charge on any atom is -0.314 e. The number of nitrogens with one attached hydrogen (secondary N) is 1. The quantitative estimate of drug-likeness (QED) is 0.881. The van der Waals surface area contributed by atoms with Crippen LogP contribution in [0, 0.1) is 5.82 Å². The van der Waals surface area contributed by atoms with Gasteiger partial charge in [0.05, 0.1) is 5.01 Å². The van der Waals surface area contributed by atoms with Crippen LogP contribution in [0.2, 0.25) is 0 Å². The van der Waals surface area contributed by atoms with E-state index in [-0.39, 0.29) is 24.3 Å². The molecule has 0 radical (unpaired) electrons. The average Bonchev–Trinajstić information content (AvgIpc) is 2.94. The van der Waals surface area contributed by atoms with Crippen molar-refractivity contribution < 1.29 is 4.39 Å². The van der Waals surface area contributed by atoms with Gasteiger partial charge in [-0.3, -0.25) is 4.90 Å². The van der Waals surface area contributed by atoms with E-state index in [1.165, 1.54) is 35.2 Å². The predicted molar refractivity (Wildman–Crippen MR) is 98.4 cm³/mol. The summed E-state index contributed by atoms with van der Waals surface area (Å²) in [6.45, 7) is 3.75. The Hall–Kier alpha value is -1.01. The fraction of sp³-hybridized carbons (Fsp3) is 0.500. The van der Waals surface area contributed by atoms with Crippen molar-refractivity contribution in [2.75, 3.05) is 19.6 Å². The average molecular weight is 368 g/mol. The molecular weight excluding hydrogens is 345 g/mol. The van der Waals surface area contributed by atoms with Gasteiger partial charge < -0.3 is 5.32 Å². The molecule has 24 heavy (non-hydrogen) atoms. The van der Waals surface area contributed by atoms with E-state index in [0.29, 0.717) is 5.92 Å². The molecular formula is C18H23ClFN3S. The van der Waals surface area contributed by atoms with Gasteiger partial charge in [0, 0.05) is 49.2 Å². The number of piperazine rings is 1. The third kappa shape index (κ3) is 3.80. The molecule has 4 rings (SSSR count). The van der Waals surface area contributed by atoms with Crippen LogP contribution in [0.5, 0.6) is 0 Å². The Morgan fingerprint density at radius 3 is 2.96 bits per heavy atom. The smallest absolute Gasteiger partial charge is 0.123 e. The lowest BCUT2D eigenvalue weighted by atomic mass is 9.86. The van der Waals surface area contributed by atoms with Gasteiger partial charge in [-0.1, -0.05) is 18.6 Å². The highest BCUT2D eigenvalue weighted by Gasteiger charge is 2.26. The van der Waals surface area contributed by atoms with Crippen LogP contribution in [0.25, 0.3) is 0 Å². The van der Waals surface area contributed by atoms with Crippen molar-refractivity contribution in [2.24, 2.45) is 0 Å². The van der Waals surface area contributed by atoms with Crippen molar-refractivity contribution in [1.29, 1.82) is 0 Å². The van der Waals surface area contributed by atoms with Gasteiger partial charge >= 0.3 is 0 Å². The predicted octanol–water partition coefficient (Wildman–Crippen LogP) is 4.12. The van der Waals surface area contributed by atoms with E-state index in [2.05, 4.69) is 15.2 Å². The Balaban J connectivity index is 0.00000169. The van der Waals surface area contributed by atoms with E-state index in [1.54, 1.807) is 12.1 Å². The van der Waals surface area contributed by atoms with Crippen LogP contribution in [0.1, 0.15) is 46.7 Å². The summed E-state index contributed by atoms with van der Waals surface area (Å²) in [5.74, 6) is 0.550. The minimum absolute atomic E-state index is 0. The molecule has 1 atom stereocenters. The summed E-state index contributed by atoms with van der Waals surface area (Å²) in [7, 11) is 0. The third-order valence-electron chi connectivity index (χ3n) is 4.97. The highest BCUT2D eigenvalue weighted by molar-refractivity contribution is 7.11. The number of benzene rings is 1. The Morgan fingerprint density at radius 1 is 1.33 bits per heavy atom. The summed E-state index contributed by atoms with van der Waals surface area (Å²) in [5.41, 5.74) is 1.06. The third-order valence-corrected chi connectivity index (χ3v) is 6.12. The fourth-order valence-electron chi connectivity index (χ4n) is 3.42. The van der Waals surface area contributed by atoms with Gasteiger partial charge in [-0.05, 0) is 30.5 Å². The highest BCUT2D eigenvalue weighted by atomic mass is 35.5. The number of hydrogen-bond acceptors (Lipinski definition) is 4. The maximum atomic E-state index is 13.6. The highest BCUT2D eigenvalue weighted by Crippen LogP contribution is 2.38. The van der Waals surface area contributed by atoms with E-state index in [4.69, 9.17) is 0 Å². The zero-order chi connectivity index (χ0) is 15.6. The summed E-state index contributed by atoms with van der Waals surface area (Å²) in [4.78, 5) is 8.41. The van der Waals surface area contributed by atoms with Crippen LogP contribution in [0.15, 0.2) is 30.5 Å². The molecule has 1 unspecified atom stereocenters. The summed E-state index contributed by atoms with van der Waals surface area (Å²) < 4.78 is 13.6. The molecule has 1 saturated carbocycles. The second-order valence-corrected chi connectivity index (χ2v) is 7.68. The first kappa shape index (κ1) is 17.8. The van der Waals surface area contributed by atoms with E-state index >= 15 is 0 Å². The second-order valence-electron chi connectivity index (χ2n) is 6.54. The largest absolute Gasteiger partial charge is 0.314 e. The molecule has 3 nitrogen and oxygen atoms in total. The van der Waals surface area contributed by atoms with Gasteiger partial charge in [-0.25, -0.2) is 9.37 Å². The first-order valence-electron chi connectivity index (χ1n) is 8.44. The van der Waals surface area contributed by atoms with Crippen molar-refractivity contribution >= 4 is 23.7 Å². The Kier molecular flexibility index (Phi) is 5.87. The maximum absolute atomic E-state index is 13.6. The molecule has 1 aliphatic carbocycles. The molecule has 2 heterocycles. The molecule has 0 amide bonds. The number of hydrogen-bond donors (Lipinski definition) is 1. The van der Waals surface area contributed by atoms with Crippen LogP contribution >= 0.6 is 23.7 Å². The maximum Gasteiger partial charge on any atom is 0.123 e. The zero-order valence-corrected chi connectivity index (χ0v) is 15.2.